The molecule has 0 radical (unpaired) electrons. The van der Waals surface area contributed by atoms with Crippen molar-refractivity contribution >= 4 is 44.3 Å². The van der Waals surface area contributed by atoms with Gasteiger partial charge < -0.3 is 10.1 Å². The Hall–Kier alpha value is -3.58. The summed E-state index contributed by atoms with van der Waals surface area (Å²) in [6.07, 6.45) is 0. The first kappa shape index (κ1) is 27.0. The Morgan fingerprint density at radius 2 is 1.79 bits per heavy atom. The quantitative estimate of drug-likeness (QED) is 0.268. The molecule has 39 heavy (non-hydrogen) atoms. The van der Waals surface area contributed by atoms with E-state index in [0.717, 1.165) is 16.3 Å². The van der Waals surface area contributed by atoms with Gasteiger partial charge in [0.15, 0.2) is 5.16 Å². The number of sulfonamides is 1. The molecule has 0 saturated carbocycles. The lowest BCUT2D eigenvalue weighted by Crippen LogP contribution is -2.40. The molecular weight excluding hydrogens is 543 g/mol. The van der Waals surface area contributed by atoms with Gasteiger partial charge in [0.1, 0.15) is 5.82 Å². The van der Waals surface area contributed by atoms with Crippen LogP contribution in [0.5, 0.6) is 0 Å². The van der Waals surface area contributed by atoms with Crippen LogP contribution in [0.1, 0.15) is 5.56 Å². The maximum Gasteiger partial charge on any atom is 0.266 e. The minimum Gasteiger partial charge on any atom is -0.379 e. The molecule has 1 aliphatic heterocycles. The number of thioether (sulfide) groups is 1. The van der Waals surface area contributed by atoms with Crippen LogP contribution >= 0.6 is 11.8 Å². The topological polar surface area (TPSA) is 111 Å². The van der Waals surface area contributed by atoms with Crippen LogP contribution in [0, 0.1) is 12.7 Å². The summed E-state index contributed by atoms with van der Waals surface area (Å²) in [6.45, 7) is 2.93. The molecule has 2 heterocycles. The number of nitrogens with zero attached hydrogens (tertiary/aromatic N) is 3. The van der Waals surface area contributed by atoms with E-state index in [1.807, 2.05) is 0 Å². The third-order valence-corrected chi connectivity index (χ3v) is 9.09. The number of hydrogen-bond acceptors (Lipinski definition) is 7. The standard InChI is InChI=1S/C27H25FN4O5S2/c1-18-10-11-19(39(35,36)31-12-14-37-15-13-31)16-23(18)29-25(33)17-38-27-30-22-8-4-2-6-20(22)26(34)32(27)24-9-5-3-7-21(24)28/h2-11,16H,12-15,17H2,1H3,(H,29,33). The van der Waals surface area contributed by atoms with Gasteiger partial charge in [0.05, 0.1) is 40.5 Å². The maximum atomic E-state index is 14.7. The van der Waals surface area contributed by atoms with E-state index in [-0.39, 0.29) is 34.6 Å². The molecule has 1 fully saturated rings. The van der Waals surface area contributed by atoms with E-state index < -0.39 is 27.3 Å². The Labute approximate surface area is 228 Å². The zero-order chi connectivity index (χ0) is 27.6. The summed E-state index contributed by atoms with van der Waals surface area (Å²) in [7, 11) is -3.75. The fraction of sp³-hybridized carbons (Fsp3) is 0.222. The molecule has 0 spiro atoms. The number of ether oxygens (including phenoxy) is 1. The normalized spacial score (nSPS) is 14.4. The number of para-hydroxylation sites is 2. The van der Waals surface area contributed by atoms with E-state index in [4.69, 9.17) is 4.74 Å². The number of anilines is 1. The van der Waals surface area contributed by atoms with Gasteiger partial charge in [-0.15, -0.1) is 0 Å². The van der Waals surface area contributed by atoms with Gasteiger partial charge in [-0.2, -0.15) is 4.31 Å². The molecule has 1 aromatic heterocycles. The van der Waals surface area contributed by atoms with Crippen LogP contribution in [0.15, 0.2) is 81.6 Å². The lowest BCUT2D eigenvalue weighted by atomic mass is 10.2. The highest BCUT2D eigenvalue weighted by Gasteiger charge is 2.27. The summed E-state index contributed by atoms with van der Waals surface area (Å²) in [6, 6.07) is 17.2. The van der Waals surface area contributed by atoms with E-state index in [2.05, 4.69) is 10.3 Å². The molecule has 0 atom stereocenters. The molecule has 1 N–H and O–H groups in total. The monoisotopic (exact) mass is 568 g/mol. The Kier molecular flexibility index (Phi) is 7.80. The molecule has 1 amide bonds. The molecule has 1 aliphatic rings. The second-order valence-electron chi connectivity index (χ2n) is 8.83. The summed E-state index contributed by atoms with van der Waals surface area (Å²) in [5.74, 6) is -1.19. The van der Waals surface area contributed by atoms with Crippen molar-refractivity contribution in [1.82, 2.24) is 13.9 Å². The molecule has 3 aromatic carbocycles. The smallest absolute Gasteiger partial charge is 0.266 e. The van der Waals surface area contributed by atoms with Gasteiger partial charge in [-0.1, -0.05) is 42.1 Å². The number of morpholine rings is 1. The minimum absolute atomic E-state index is 0.0283. The fourth-order valence-electron chi connectivity index (χ4n) is 4.20. The van der Waals surface area contributed by atoms with Crippen molar-refractivity contribution in [3.63, 3.8) is 0 Å². The summed E-state index contributed by atoms with van der Waals surface area (Å²) in [4.78, 5) is 30.9. The van der Waals surface area contributed by atoms with Crippen LogP contribution in [0.25, 0.3) is 16.6 Å². The molecule has 1 saturated heterocycles. The van der Waals surface area contributed by atoms with E-state index >= 15 is 0 Å². The molecular formula is C27H25FN4O5S2. The highest BCUT2D eigenvalue weighted by molar-refractivity contribution is 7.99. The van der Waals surface area contributed by atoms with Crippen molar-refractivity contribution in [2.45, 2.75) is 17.0 Å². The molecule has 12 heteroatoms. The second kappa shape index (κ2) is 11.3. The molecule has 4 aromatic rings. The second-order valence-corrected chi connectivity index (χ2v) is 11.7. The van der Waals surface area contributed by atoms with Crippen molar-refractivity contribution in [3.8, 4) is 5.69 Å². The third kappa shape index (κ3) is 5.59. The van der Waals surface area contributed by atoms with Crippen molar-refractivity contribution in [3.05, 3.63) is 88.5 Å². The fourth-order valence-corrected chi connectivity index (χ4v) is 6.44. The largest absolute Gasteiger partial charge is 0.379 e. The number of aromatic nitrogens is 2. The maximum absolute atomic E-state index is 14.7. The van der Waals surface area contributed by atoms with Crippen molar-refractivity contribution in [2.75, 3.05) is 37.4 Å². The summed E-state index contributed by atoms with van der Waals surface area (Å²) in [5.41, 5.74) is 1.04. The molecule has 5 rings (SSSR count). The van der Waals surface area contributed by atoms with Crippen LogP contribution in [0.2, 0.25) is 0 Å². The SMILES string of the molecule is Cc1ccc(S(=O)(=O)N2CCOCC2)cc1NC(=O)CSc1nc2ccccc2c(=O)n1-c1ccccc1F. The molecule has 0 bridgehead atoms. The summed E-state index contributed by atoms with van der Waals surface area (Å²) in [5, 5.41) is 3.24. The molecule has 0 aliphatic carbocycles. The predicted octanol–water partition coefficient (Wildman–Crippen LogP) is 3.58. The minimum atomic E-state index is -3.75. The lowest BCUT2D eigenvalue weighted by Gasteiger charge is -2.26. The number of halogens is 1. The van der Waals surface area contributed by atoms with Gasteiger partial charge in [-0.05, 0) is 48.9 Å². The molecule has 0 unspecified atom stereocenters. The van der Waals surface area contributed by atoms with Crippen LogP contribution in [-0.2, 0) is 19.6 Å². The van der Waals surface area contributed by atoms with Gasteiger partial charge in [-0.3, -0.25) is 14.2 Å². The van der Waals surface area contributed by atoms with Crippen molar-refractivity contribution in [1.29, 1.82) is 0 Å². The zero-order valence-electron chi connectivity index (χ0n) is 21.0. The Balaban J connectivity index is 1.40. The van der Waals surface area contributed by atoms with Gasteiger partial charge in [0, 0.05) is 18.8 Å². The van der Waals surface area contributed by atoms with Gasteiger partial charge in [-0.25, -0.2) is 17.8 Å². The Morgan fingerprint density at radius 3 is 2.56 bits per heavy atom. The number of fused-ring (bicyclic) bond motifs is 1. The van der Waals surface area contributed by atoms with Crippen LogP contribution in [0.3, 0.4) is 0 Å². The molecule has 202 valence electrons. The number of aryl methyl sites for hydroxylation is 1. The van der Waals surface area contributed by atoms with Crippen molar-refractivity contribution < 1.29 is 22.3 Å². The Bertz CT molecular complexity index is 1720. The predicted molar refractivity (Wildman–Crippen MR) is 147 cm³/mol. The number of hydrogen-bond donors (Lipinski definition) is 1. The average Bonchev–Trinajstić information content (AvgIpc) is 2.94. The first-order valence-corrected chi connectivity index (χ1v) is 14.6. The number of rotatable bonds is 7. The van der Waals surface area contributed by atoms with E-state index in [1.54, 1.807) is 43.3 Å². The van der Waals surface area contributed by atoms with E-state index in [0.29, 0.717) is 35.4 Å². The summed E-state index contributed by atoms with van der Waals surface area (Å²) < 4.78 is 48.6. The van der Waals surface area contributed by atoms with E-state index in [1.165, 1.54) is 34.6 Å². The lowest BCUT2D eigenvalue weighted by molar-refractivity contribution is -0.113. The Morgan fingerprint density at radius 1 is 1.08 bits per heavy atom. The van der Waals surface area contributed by atoms with Crippen LogP contribution in [-0.4, -0.2) is 60.2 Å². The van der Waals surface area contributed by atoms with Gasteiger partial charge >= 0.3 is 0 Å². The number of benzene rings is 3. The number of carbonyl (C=O) groups excluding carboxylic acids is 1. The van der Waals surface area contributed by atoms with Crippen molar-refractivity contribution in [2.24, 2.45) is 0 Å². The zero-order valence-corrected chi connectivity index (χ0v) is 22.6. The van der Waals surface area contributed by atoms with Crippen LogP contribution in [0.4, 0.5) is 10.1 Å². The number of carbonyl (C=O) groups is 1. The van der Waals surface area contributed by atoms with Gasteiger partial charge in [0.2, 0.25) is 15.9 Å². The average molecular weight is 569 g/mol. The first-order chi connectivity index (χ1) is 18.8. The van der Waals surface area contributed by atoms with E-state index in [9.17, 15) is 22.4 Å². The van der Waals surface area contributed by atoms with Gasteiger partial charge in [0.25, 0.3) is 5.56 Å². The highest BCUT2D eigenvalue weighted by atomic mass is 32.2. The van der Waals surface area contributed by atoms with Crippen LogP contribution < -0.4 is 10.9 Å². The highest BCUT2D eigenvalue weighted by Crippen LogP contribution is 2.26. The molecule has 9 nitrogen and oxygen atoms in total. The number of amides is 1. The third-order valence-electron chi connectivity index (χ3n) is 6.26. The first-order valence-electron chi connectivity index (χ1n) is 12.1. The summed E-state index contributed by atoms with van der Waals surface area (Å²) >= 11 is 0.978. The number of nitrogens with one attached hydrogen (secondary N) is 1.